The normalized spacial score (nSPS) is 21.7. The zero-order chi connectivity index (χ0) is 15.6. The van der Waals surface area contributed by atoms with E-state index in [1.807, 2.05) is 0 Å². The molecule has 2 rings (SSSR count). The van der Waals surface area contributed by atoms with E-state index in [9.17, 15) is 0 Å². The van der Waals surface area contributed by atoms with Crippen LogP contribution in [0.1, 0.15) is 57.9 Å². The fourth-order valence-corrected chi connectivity index (χ4v) is 4.05. The van der Waals surface area contributed by atoms with Crippen molar-refractivity contribution in [1.29, 1.82) is 0 Å². The van der Waals surface area contributed by atoms with Gasteiger partial charge in [-0.15, -0.1) is 0 Å². The van der Waals surface area contributed by atoms with Crippen LogP contribution >= 0.6 is 15.9 Å². The molecule has 0 spiro atoms. The molecule has 2 nitrogen and oxygen atoms in total. The minimum Gasteiger partial charge on any atom is -0.398 e. The van der Waals surface area contributed by atoms with Crippen molar-refractivity contribution in [1.82, 2.24) is 0 Å². The second-order valence-corrected chi connectivity index (χ2v) is 7.77. The van der Waals surface area contributed by atoms with Gasteiger partial charge in [-0.2, -0.15) is 0 Å². The van der Waals surface area contributed by atoms with Crippen LogP contribution in [0.4, 0.5) is 11.4 Å². The van der Waals surface area contributed by atoms with Gasteiger partial charge < -0.3 is 10.6 Å². The molecule has 0 radical (unpaired) electrons. The first-order valence-electron chi connectivity index (χ1n) is 8.24. The summed E-state index contributed by atoms with van der Waals surface area (Å²) in [5.41, 5.74) is 9.70. The maximum absolute atomic E-state index is 6.07. The summed E-state index contributed by atoms with van der Waals surface area (Å²) in [6, 6.07) is 4.39. The second-order valence-electron chi connectivity index (χ2n) is 6.91. The van der Waals surface area contributed by atoms with Crippen LogP contribution in [-0.4, -0.2) is 13.6 Å². The van der Waals surface area contributed by atoms with E-state index >= 15 is 0 Å². The van der Waals surface area contributed by atoms with E-state index in [0.717, 1.165) is 28.5 Å². The SMILES string of the molecule is CCC1c2cc(Br)c(N)cc2N(C)CC1CCCC(C)C. The van der Waals surface area contributed by atoms with Crippen LogP contribution in [0.2, 0.25) is 0 Å². The van der Waals surface area contributed by atoms with Gasteiger partial charge in [0.1, 0.15) is 0 Å². The second kappa shape index (κ2) is 7.04. The summed E-state index contributed by atoms with van der Waals surface area (Å²) in [6.45, 7) is 8.11. The molecular weight excluding hydrogens is 324 g/mol. The smallest absolute Gasteiger partial charge is 0.0479 e. The van der Waals surface area contributed by atoms with Crippen LogP contribution < -0.4 is 10.6 Å². The van der Waals surface area contributed by atoms with Gasteiger partial charge in [0.05, 0.1) is 0 Å². The van der Waals surface area contributed by atoms with Crippen LogP contribution in [0.3, 0.4) is 0 Å². The average Bonchev–Trinajstić information content (AvgIpc) is 2.41. The summed E-state index contributed by atoms with van der Waals surface area (Å²) in [5, 5.41) is 0. The Morgan fingerprint density at radius 1 is 1.38 bits per heavy atom. The summed E-state index contributed by atoms with van der Waals surface area (Å²) in [4.78, 5) is 2.39. The first kappa shape index (κ1) is 16.7. The maximum Gasteiger partial charge on any atom is 0.0479 e. The Kier molecular flexibility index (Phi) is 5.59. The molecule has 1 aromatic carbocycles. The summed E-state index contributed by atoms with van der Waals surface area (Å²) in [7, 11) is 2.20. The Morgan fingerprint density at radius 3 is 2.71 bits per heavy atom. The average molecular weight is 353 g/mol. The zero-order valence-electron chi connectivity index (χ0n) is 13.8. The molecule has 0 fully saturated rings. The fraction of sp³-hybridized carbons (Fsp3) is 0.667. The number of nitrogens with two attached hydrogens (primary N) is 1. The quantitative estimate of drug-likeness (QED) is 0.717. The van der Waals surface area contributed by atoms with Crippen LogP contribution in [0.5, 0.6) is 0 Å². The van der Waals surface area contributed by atoms with Crippen LogP contribution in [-0.2, 0) is 0 Å². The minimum atomic E-state index is 0.667. The topological polar surface area (TPSA) is 29.3 Å². The Labute approximate surface area is 138 Å². The van der Waals surface area contributed by atoms with Crippen molar-refractivity contribution in [2.24, 2.45) is 11.8 Å². The monoisotopic (exact) mass is 352 g/mol. The number of hydrogen-bond acceptors (Lipinski definition) is 2. The number of nitrogen functional groups attached to an aromatic ring is 1. The molecule has 0 saturated heterocycles. The molecule has 0 amide bonds. The molecule has 0 saturated carbocycles. The number of rotatable bonds is 5. The molecule has 1 aromatic rings. The third kappa shape index (κ3) is 3.74. The van der Waals surface area contributed by atoms with Gasteiger partial charge in [0.15, 0.2) is 0 Å². The van der Waals surface area contributed by atoms with Crippen molar-refractivity contribution in [2.75, 3.05) is 24.2 Å². The number of fused-ring (bicyclic) bond motifs is 1. The van der Waals surface area contributed by atoms with Gasteiger partial charge in [0.2, 0.25) is 0 Å². The van der Waals surface area contributed by atoms with Crippen LogP contribution in [0.25, 0.3) is 0 Å². The van der Waals surface area contributed by atoms with E-state index in [2.05, 4.69) is 60.8 Å². The number of nitrogens with zero attached hydrogens (tertiary/aromatic N) is 1. The van der Waals surface area contributed by atoms with Crippen molar-refractivity contribution < 1.29 is 0 Å². The van der Waals surface area contributed by atoms with Crippen molar-refractivity contribution in [2.45, 2.75) is 52.4 Å². The summed E-state index contributed by atoms with van der Waals surface area (Å²) < 4.78 is 1.04. The molecular formula is C18H29BrN2. The summed E-state index contributed by atoms with van der Waals surface area (Å²) in [6.07, 6.45) is 5.24. The van der Waals surface area contributed by atoms with E-state index in [1.54, 1.807) is 0 Å². The van der Waals surface area contributed by atoms with Crippen molar-refractivity contribution >= 4 is 27.3 Å². The summed E-state index contributed by atoms with van der Waals surface area (Å²) >= 11 is 3.60. The van der Waals surface area contributed by atoms with E-state index in [-0.39, 0.29) is 0 Å². The van der Waals surface area contributed by atoms with Crippen LogP contribution in [0.15, 0.2) is 16.6 Å². The van der Waals surface area contributed by atoms with Gasteiger partial charge in [0, 0.05) is 29.4 Å². The Balaban J connectivity index is 2.22. The molecule has 1 heterocycles. The lowest BCUT2D eigenvalue weighted by Crippen LogP contribution is -2.35. The summed E-state index contributed by atoms with van der Waals surface area (Å²) in [5.74, 6) is 2.25. The molecule has 2 unspecified atom stereocenters. The highest BCUT2D eigenvalue weighted by molar-refractivity contribution is 9.10. The molecule has 0 bridgehead atoms. The Bertz CT molecular complexity index is 484. The van der Waals surface area contributed by atoms with Gasteiger partial charge in [0.25, 0.3) is 0 Å². The van der Waals surface area contributed by atoms with Gasteiger partial charge in [-0.3, -0.25) is 0 Å². The first-order valence-corrected chi connectivity index (χ1v) is 9.03. The molecule has 0 aromatic heterocycles. The molecule has 2 N–H and O–H groups in total. The zero-order valence-corrected chi connectivity index (χ0v) is 15.4. The highest BCUT2D eigenvalue weighted by Gasteiger charge is 2.31. The predicted molar refractivity (Wildman–Crippen MR) is 97.0 cm³/mol. The number of anilines is 2. The molecule has 0 aliphatic carbocycles. The minimum absolute atomic E-state index is 0.667. The first-order chi connectivity index (χ1) is 9.93. The lowest BCUT2D eigenvalue weighted by atomic mass is 9.77. The van der Waals surface area contributed by atoms with Crippen LogP contribution in [0, 0.1) is 11.8 Å². The van der Waals surface area contributed by atoms with Crippen molar-refractivity contribution in [3.63, 3.8) is 0 Å². The van der Waals surface area contributed by atoms with Gasteiger partial charge in [-0.1, -0.05) is 33.6 Å². The lowest BCUT2D eigenvalue weighted by Gasteiger charge is -2.40. The van der Waals surface area contributed by atoms with Crippen molar-refractivity contribution in [3.8, 4) is 0 Å². The standard InChI is InChI=1S/C18H29BrN2/c1-5-14-13(8-6-7-12(2)3)11-21(4)18-10-17(20)16(19)9-15(14)18/h9-10,12-14H,5-8,11,20H2,1-4H3. The Hall–Kier alpha value is -0.700. The highest BCUT2D eigenvalue weighted by Crippen LogP contribution is 2.44. The third-order valence-electron chi connectivity index (χ3n) is 4.83. The van der Waals surface area contributed by atoms with E-state index in [1.165, 1.54) is 36.9 Å². The highest BCUT2D eigenvalue weighted by atomic mass is 79.9. The molecule has 2 atom stereocenters. The molecule has 3 heteroatoms. The van der Waals surface area contributed by atoms with E-state index in [4.69, 9.17) is 5.73 Å². The fourth-order valence-electron chi connectivity index (χ4n) is 3.69. The molecule has 21 heavy (non-hydrogen) atoms. The maximum atomic E-state index is 6.07. The Morgan fingerprint density at radius 2 is 2.10 bits per heavy atom. The van der Waals surface area contributed by atoms with Gasteiger partial charge in [-0.05, 0) is 64.2 Å². The van der Waals surface area contributed by atoms with E-state index in [0.29, 0.717) is 5.92 Å². The molecule has 1 aliphatic rings. The number of halogens is 1. The van der Waals surface area contributed by atoms with Crippen molar-refractivity contribution in [3.05, 3.63) is 22.2 Å². The molecule has 1 aliphatic heterocycles. The largest absolute Gasteiger partial charge is 0.398 e. The number of hydrogen-bond donors (Lipinski definition) is 1. The lowest BCUT2D eigenvalue weighted by molar-refractivity contribution is 0.352. The van der Waals surface area contributed by atoms with Gasteiger partial charge >= 0.3 is 0 Å². The number of benzene rings is 1. The third-order valence-corrected chi connectivity index (χ3v) is 5.52. The predicted octanol–water partition coefficient (Wildman–Crippen LogP) is 5.42. The molecule has 118 valence electrons. The van der Waals surface area contributed by atoms with Gasteiger partial charge in [-0.25, -0.2) is 0 Å². The van der Waals surface area contributed by atoms with E-state index < -0.39 is 0 Å².